The standard InChI is InChI=1S/C26H32N8O6/c27-22-31-20-15(11-33-17(35)5-6-18(33)36)29-23(28)34-12-16(26(38,39)25(20,34)32-22)30-21(37)13-3-1-4-14-19(13)40-10-9-24(14)7-2-8-24/h1,3-4,15-16,20,38-39H,2,5-12H2,(H2,28,29)(H,30,37)(H3,27,31,32)/t15-,16?,20?,25?/m0/s1. The third kappa shape index (κ3) is 3.19. The van der Waals surface area contributed by atoms with Crippen LogP contribution in [0.3, 0.4) is 0 Å². The number of nitrogens with one attached hydrogen (secondary N) is 2. The smallest absolute Gasteiger partial charge is 0.255 e. The van der Waals surface area contributed by atoms with Gasteiger partial charge in [0, 0.05) is 30.4 Å². The summed E-state index contributed by atoms with van der Waals surface area (Å²) in [5.41, 5.74) is 11.9. The van der Waals surface area contributed by atoms with Crippen LogP contribution in [0.25, 0.3) is 0 Å². The molecule has 5 heterocycles. The molecular formula is C26H32N8O6. The van der Waals surface area contributed by atoms with Crippen LogP contribution in [0.15, 0.2) is 28.2 Å². The number of amides is 3. The van der Waals surface area contributed by atoms with Crippen molar-refractivity contribution >= 4 is 29.6 Å². The second-order valence-electron chi connectivity index (χ2n) is 11.6. The van der Waals surface area contributed by atoms with Crippen LogP contribution in [0.1, 0.15) is 54.4 Å². The Morgan fingerprint density at radius 3 is 2.60 bits per heavy atom. The highest BCUT2D eigenvalue weighted by Crippen LogP contribution is 2.52. The number of carbonyl (C=O) groups excluding carboxylic acids is 3. The number of benzene rings is 1. The van der Waals surface area contributed by atoms with E-state index in [0.717, 1.165) is 36.1 Å². The number of nitrogens with zero attached hydrogens (tertiary/aromatic N) is 4. The van der Waals surface area contributed by atoms with Crippen molar-refractivity contribution in [2.45, 2.75) is 73.5 Å². The molecule has 3 unspecified atom stereocenters. The van der Waals surface area contributed by atoms with Gasteiger partial charge in [0.05, 0.1) is 24.8 Å². The van der Waals surface area contributed by atoms with Gasteiger partial charge in [0.15, 0.2) is 17.6 Å². The Hall–Kier alpha value is -3.91. The number of rotatable bonds is 4. The monoisotopic (exact) mass is 552 g/mol. The van der Waals surface area contributed by atoms with E-state index in [1.165, 1.54) is 4.90 Å². The van der Waals surface area contributed by atoms with Crippen molar-refractivity contribution in [1.29, 1.82) is 0 Å². The summed E-state index contributed by atoms with van der Waals surface area (Å²) in [7, 11) is 0. The van der Waals surface area contributed by atoms with Gasteiger partial charge in [-0.1, -0.05) is 18.6 Å². The van der Waals surface area contributed by atoms with Gasteiger partial charge in [-0.3, -0.25) is 19.3 Å². The van der Waals surface area contributed by atoms with Gasteiger partial charge in [0.2, 0.25) is 17.6 Å². The molecule has 0 aromatic heterocycles. The van der Waals surface area contributed by atoms with Gasteiger partial charge < -0.3 is 42.0 Å². The molecule has 0 radical (unpaired) electrons. The summed E-state index contributed by atoms with van der Waals surface area (Å²) in [6, 6.07) is 2.33. The van der Waals surface area contributed by atoms with Gasteiger partial charge in [-0.25, -0.2) is 9.98 Å². The van der Waals surface area contributed by atoms with Crippen molar-refractivity contribution in [3.05, 3.63) is 29.3 Å². The van der Waals surface area contributed by atoms with Crippen LogP contribution in [0.5, 0.6) is 5.75 Å². The van der Waals surface area contributed by atoms with Gasteiger partial charge in [-0.05, 0) is 25.3 Å². The number of fused-ring (bicyclic) bond motifs is 2. The van der Waals surface area contributed by atoms with E-state index in [-0.39, 0.29) is 55.1 Å². The first-order valence-electron chi connectivity index (χ1n) is 13.6. The van der Waals surface area contributed by atoms with Crippen molar-refractivity contribution in [2.24, 2.45) is 21.5 Å². The van der Waals surface area contributed by atoms with Crippen LogP contribution >= 0.6 is 0 Å². The lowest BCUT2D eigenvalue weighted by molar-refractivity contribution is -0.230. The molecule has 1 aromatic carbocycles. The number of carbonyl (C=O) groups is 3. The van der Waals surface area contributed by atoms with Gasteiger partial charge in [0.25, 0.3) is 5.91 Å². The Bertz CT molecular complexity index is 1370. The number of likely N-dealkylation sites (tertiary alicyclic amines) is 1. The molecular weight excluding hydrogens is 520 g/mol. The minimum Gasteiger partial charge on any atom is -0.492 e. The summed E-state index contributed by atoms with van der Waals surface area (Å²) in [4.78, 5) is 49.6. The van der Waals surface area contributed by atoms with Crippen molar-refractivity contribution < 1.29 is 29.3 Å². The van der Waals surface area contributed by atoms with Crippen LogP contribution in [-0.4, -0.2) is 98.9 Å². The number of aliphatic imine (C=N–C) groups is 2. The third-order valence-corrected chi connectivity index (χ3v) is 9.60. The molecule has 1 aromatic rings. The predicted octanol–water partition coefficient (Wildman–Crippen LogP) is -2.19. The molecule has 2 spiro atoms. The number of guanidine groups is 2. The van der Waals surface area contributed by atoms with Crippen LogP contribution in [0.2, 0.25) is 0 Å². The third-order valence-electron chi connectivity index (χ3n) is 9.60. The molecule has 1 saturated carbocycles. The predicted molar refractivity (Wildman–Crippen MR) is 140 cm³/mol. The number of hydrogen-bond acceptors (Lipinski definition) is 12. The van der Waals surface area contributed by atoms with Crippen molar-refractivity contribution in [1.82, 2.24) is 20.4 Å². The molecule has 4 atom stereocenters. The second-order valence-corrected chi connectivity index (χ2v) is 11.6. The summed E-state index contributed by atoms with van der Waals surface area (Å²) in [5.74, 6) is -3.45. The summed E-state index contributed by atoms with van der Waals surface area (Å²) < 4.78 is 5.97. The van der Waals surface area contributed by atoms with Gasteiger partial charge >= 0.3 is 0 Å². The van der Waals surface area contributed by atoms with Crippen LogP contribution < -0.4 is 26.8 Å². The van der Waals surface area contributed by atoms with Gasteiger partial charge in [-0.2, -0.15) is 0 Å². The fourth-order valence-corrected chi connectivity index (χ4v) is 7.38. The molecule has 5 aliphatic heterocycles. The van der Waals surface area contributed by atoms with Gasteiger partial charge in [-0.15, -0.1) is 0 Å². The molecule has 3 amide bonds. The molecule has 14 nitrogen and oxygen atoms in total. The molecule has 2 saturated heterocycles. The van der Waals surface area contributed by atoms with Crippen LogP contribution in [0, 0.1) is 0 Å². The van der Waals surface area contributed by atoms with Crippen LogP contribution in [0.4, 0.5) is 0 Å². The minimum atomic E-state index is -2.64. The maximum Gasteiger partial charge on any atom is 0.255 e. The summed E-state index contributed by atoms with van der Waals surface area (Å²) in [6.07, 6.45) is 4.34. The van der Waals surface area contributed by atoms with E-state index in [1.807, 2.05) is 12.1 Å². The lowest BCUT2D eigenvalue weighted by Gasteiger charge is -2.49. The maximum atomic E-state index is 13.6. The van der Waals surface area contributed by atoms with E-state index in [4.69, 9.17) is 16.2 Å². The number of imide groups is 1. The van der Waals surface area contributed by atoms with E-state index < -0.39 is 35.5 Å². The Labute approximate surface area is 229 Å². The molecule has 8 N–H and O–H groups in total. The lowest BCUT2D eigenvalue weighted by atomic mass is 9.61. The normalized spacial score (nSPS) is 32.8. The fourth-order valence-electron chi connectivity index (χ4n) is 7.38. The first-order chi connectivity index (χ1) is 19.1. The lowest BCUT2D eigenvalue weighted by Crippen LogP contribution is -2.78. The van der Waals surface area contributed by atoms with Gasteiger partial charge in [0.1, 0.15) is 17.8 Å². The highest BCUT2D eigenvalue weighted by molar-refractivity contribution is 6.02. The summed E-state index contributed by atoms with van der Waals surface area (Å²) in [6.45, 7) is 0.258. The van der Waals surface area contributed by atoms with E-state index in [1.54, 1.807) is 6.07 Å². The zero-order valence-corrected chi connectivity index (χ0v) is 21.8. The number of hydrogen-bond donors (Lipinski definition) is 6. The Morgan fingerprint density at radius 2 is 1.90 bits per heavy atom. The zero-order valence-electron chi connectivity index (χ0n) is 21.8. The highest BCUT2D eigenvalue weighted by atomic mass is 16.5. The number of nitrogens with two attached hydrogens (primary N) is 2. The Kier molecular flexibility index (Phi) is 5.21. The number of ether oxygens (including phenoxy) is 1. The summed E-state index contributed by atoms with van der Waals surface area (Å²) in [5, 5.41) is 29.1. The SMILES string of the molecule is NC1=NC2[C@H](CN3C(=O)CCC3=O)N=C(N)N3CC(NC(=O)c4cccc5c4OCCC54CCC4)C(O)(O)C23N1. The quantitative estimate of drug-likeness (QED) is 0.176. The van der Waals surface area contributed by atoms with E-state index in [2.05, 4.69) is 20.6 Å². The molecule has 7 rings (SSSR count). The fraction of sp³-hybridized carbons (Fsp3) is 0.577. The van der Waals surface area contributed by atoms with E-state index in [0.29, 0.717) is 17.9 Å². The summed E-state index contributed by atoms with van der Waals surface area (Å²) >= 11 is 0. The number of aliphatic hydroxyl groups is 2. The molecule has 6 aliphatic rings. The molecule has 40 heavy (non-hydrogen) atoms. The number of para-hydroxylation sites is 1. The Balaban J connectivity index is 1.19. The van der Waals surface area contributed by atoms with E-state index in [9.17, 15) is 24.6 Å². The molecule has 14 heteroatoms. The highest BCUT2D eigenvalue weighted by Gasteiger charge is 2.73. The second kappa shape index (κ2) is 8.30. The zero-order chi connectivity index (χ0) is 28.0. The first kappa shape index (κ1) is 25.1. The minimum absolute atomic E-state index is 0.0302. The van der Waals surface area contributed by atoms with Crippen LogP contribution in [-0.2, 0) is 15.0 Å². The average Bonchev–Trinajstić information content (AvgIpc) is 3.49. The van der Waals surface area contributed by atoms with Crippen molar-refractivity contribution in [3.8, 4) is 5.75 Å². The molecule has 1 aliphatic carbocycles. The van der Waals surface area contributed by atoms with Crippen molar-refractivity contribution in [3.63, 3.8) is 0 Å². The maximum absolute atomic E-state index is 13.6. The molecule has 3 fully saturated rings. The molecule has 0 bridgehead atoms. The largest absolute Gasteiger partial charge is 0.492 e. The molecule has 212 valence electrons. The topological polar surface area (TPSA) is 208 Å². The average molecular weight is 553 g/mol. The first-order valence-corrected chi connectivity index (χ1v) is 13.6. The Morgan fingerprint density at radius 1 is 1.15 bits per heavy atom. The van der Waals surface area contributed by atoms with E-state index >= 15 is 0 Å². The van der Waals surface area contributed by atoms with Crippen molar-refractivity contribution in [2.75, 3.05) is 19.7 Å².